The monoisotopic (exact) mass is 251 g/mol. The molecule has 1 aromatic carbocycles. The predicted molar refractivity (Wildman–Crippen MR) is 66.2 cm³/mol. The highest BCUT2D eigenvalue weighted by molar-refractivity contribution is 5.55. The van der Waals surface area contributed by atoms with Gasteiger partial charge in [-0.25, -0.2) is 0 Å². The van der Waals surface area contributed by atoms with Crippen LogP contribution in [0.5, 0.6) is 17.2 Å². The summed E-state index contributed by atoms with van der Waals surface area (Å²) in [6.45, 7) is -0.0467. The lowest BCUT2D eigenvalue weighted by Gasteiger charge is -2.16. The maximum atomic E-state index is 9.09. The van der Waals surface area contributed by atoms with E-state index in [1.165, 1.54) is 21.3 Å². The summed E-state index contributed by atoms with van der Waals surface area (Å²) in [5.41, 5.74) is 0.737. The molecule has 1 atom stereocenters. The molecule has 1 unspecified atom stereocenters. The number of nitriles is 1. The Bertz CT molecular complexity index is 414. The highest BCUT2D eigenvalue weighted by atomic mass is 16.5. The van der Waals surface area contributed by atoms with Crippen LogP contribution in [-0.4, -0.2) is 33.0 Å². The Morgan fingerprint density at radius 1 is 1.17 bits per heavy atom. The van der Waals surface area contributed by atoms with E-state index in [1.807, 2.05) is 0 Å². The third kappa shape index (κ3) is 2.84. The second-order valence-corrected chi connectivity index (χ2v) is 3.65. The smallest absolute Gasteiger partial charge is 0.203 e. The van der Waals surface area contributed by atoms with Crippen LogP contribution < -0.4 is 14.2 Å². The third-order valence-electron chi connectivity index (χ3n) is 2.66. The minimum atomic E-state index is -0.399. The summed E-state index contributed by atoms with van der Waals surface area (Å²) in [5, 5.41) is 18.0. The molecule has 5 heteroatoms. The van der Waals surface area contributed by atoms with Gasteiger partial charge in [-0.3, -0.25) is 0 Å². The van der Waals surface area contributed by atoms with Crippen molar-refractivity contribution < 1.29 is 19.3 Å². The van der Waals surface area contributed by atoms with Gasteiger partial charge in [-0.2, -0.15) is 5.26 Å². The topological polar surface area (TPSA) is 71.7 Å². The van der Waals surface area contributed by atoms with Gasteiger partial charge >= 0.3 is 0 Å². The van der Waals surface area contributed by atoms with E-state index in [0.717, 1.165) is 5.56 Å². The SMILES string of the molecule is COc1cc(C(C#N)CCO)cc(OC)c1OC. The summed E-state index contributed by atoms with van der Waals surface area (Å²) in [6.07, 6.45) is 0.370. The Morgan fingerprint density at radius 2 is 1.72 bits per heavy atom. The number of ether oxygens (including phenoxy) is 3. The van der Waals surface area contributed by atoms with Gasteiger partial charge in [0.2, 0.25) is 5.75 Å². The standard InChI is InChI=1S/C13H17NO4/c1-16-11-6-10(9(8-14)4-5-15)7-12(17-2)13(11)18-3/h6-7,9,15H,4-5H2,1-3H3. The van der Waals surface area contributed by atoms with Crippen LogP contribution in [0, 0.1) is 11.3 Å². The zero-order chi connectivity index (χ0) is 13.5. The largest absolute Gasteiger partial charge is 0.493 e. The maximum Gasteiger partial charge on any atom is 0.203 e. The highest BCUT2D eigenvalue weighted by Gasteiger charge is 2.18. The number of benzene rings is 1. The first-order chi connectivity index (χ1) is 8.71. The van der Waals surface area contributed by atoms with Gasteiger partial charge in [0, 0.05) is 6.61 Å². The molecular weight excluding hydrogens is 234 g/mol. The van der Waals surface area contributed by atoms with Crippen LogP contribution in [0.1, 0.15) is 17.9 Å². The number of hydrogen-bond donors (Lipinski definition) is 1. The van der Waals surface area contributed by atoms with Crippen LogP contribution in [0.3, 0.4) is 0 Å². The van der Waals surface area contributed by atoms with Gasteiger partial charge in [-0.05, 0) is 24.1 Å². The Balaban J connectivity index is 3.26. The molecule has 0 aliphatic rings. The van der Waals surface area contributed by atoms with E-state index in [4.69, 9.17) is 24.6 Å². The summed E-state index contributed by atoms with van der Waals surface area (Å²) < 4.78 is 15.6. The van der Waals surface area contributed by atoms with Crippen LogP contribution in [-0.2, 0) is 0 Å². The lowest BCUT2D eigenvalue weighted by molar-refractivity contribution is 0.283. The van der Waals surface area contributed by atoms with Gasteiger partial charge in [-0.1, -0.05) is 0 Å². The fourth-order valence-corrected chi connectivity index (χ4v) is 1.74. The normalized spacial score (nSPS) is 11.5. The summed E-state index contributed by atoms with van der Waals surface area (Å²) in [7, 11) is 4.57. The Morgan fingerprint density at radius 3 is 2.06 bits per heavy atom. The maximum absolute atomic E-state index is 9.09. The van der Waals surface area contributed by atoms with Gasteiger partial charge < -0.3 is 19.3 Å². The number of aliphatic hydroxyl groups excluding tert-OH is 1. The minimum absolute atomic E-state index is 0.0467. The molecule has 0 amide bonds. The first-order valence-electron chi connectivity index (χ1n) is 5.52. The van der Waals surface area contributed by atoms with E-state index >= 15 is 0 Å². The number of hydrogen-bond acceptors (Lipinski definition) is 5. The average molecular weight is 251 g/mol. The van der Waals surface area contributed by atoms with Gasteiger partial charge in [0.05, 0.1) is 33.3 Å². The molecule has 0 saturated heterocycles. The number of methoxy groups -OCH3 is 3. The quantitative estimate of drug-likeness (QED) is 0.833. The number of aliphatic hydroxyl groups is 1. The Kier molecular flexibility index (Phi) is 5.28. The summed E-state index contributed by atoms with van der Waals surface area (Å²) >= 11 is 0. The zero-order valence-corrected chi connectivity index (χ0v) is 10.8. The lowest BCUT2D eigenvalue weighted by atomic mass is 9.97. The third-order valence-corrected chi connectivity index (χ3v) is 2.66. The van der Waals surface area contributed by atoms with Crippen molar-refractivity contribution in [3.05, 3.63) is 17.7 Å². The molecule has 1 N–H and O–H groups in total. The molecule has 1 aromatic rings. The Labute approximate surface area is 107 Å². The molecule has 18 heavy (non-hydrogen) atoms. The van der Waals surface area contributed by atoms with E-state index < -0.39 is 5.92 Å². The van der Waals surface area contributed by atoms with Crippen molar-refractivity contribution in [1.29, 1.82) is 5.26 Å². The molecule has 98 valence electrons. The average Bonchev–Trinajstić information content (AvgIpc) is 2.42. The molecule has 0 heterocycles. The van der Waals surface area contributed by atoms with Gasteiger partial charge in [0.1, 0.15) is 0 Å². The molecule has 0 saturated carbocycles. The Hall–Kier alpha value is -1.93. The molecule has 0 fully saturated rings. The van der Waals surface area contributed by atoms with Crippen LogP contribution in [0.2, 0.25) is 0 Å². The zero-order valence-electron chi connectivity index (χ0n) is 10.8. The second-order valence-electron chi connectivity index (χ2n) is 3.65. The molecule has 0 aliphatic carbocycles. The minimum Gasteiger partial charge on any atom is -0.493 e. The van der Waals surface area contributed by atoms with Crippen LogP contribution in [0.15, 0.2) is 12.1 Å². The van der Waals surface area contributed by atoms with Crippen molar-refractivity contribution in [2.75, 3.05) is 27.9 Å². The first-order valence-corrected chi connectivity index (χ1v) is 5.52. The molecule has 0 aliphatic heterocycles. The molecule has 5 nitrogen and oxygen atoms in total. The number of rotatable bonds is 6. The van der Waals surface area contributed by atoms with Crippen molar-refractivity contribution in [3.8, 4) is 23.3 Å². The van der Waals surface area contributed by atoms with Gasteiger partial charge in [0.25, 0.3) is 0 Å². The van der Waals surface area contributed by atoms with Crippen molar-refractivity contribution >= 4 is 0 Å². The van der Waals surface area contributed by atoms with Gasteiger partial charge in [-0.15, -0.1) is 0 Å². The highest BCUT2D eigenvalue weighted by Crippen LogP contribution is 2.40. The van der Waals surface area contributed by atoms with E-state index in [2.05, 4.69) is 6.07 Å². The van der Waals surface area contributed by atoms with Crippen LogP contribution in [0.25, 0.3) is 0 Å². The summed E-state index contributed by atoms with van der Waals surface area (Å²) in [6, 6.07) is 5.60. The fourth-order valence-electron chi connectivity index (χ4n) is 1.74. The lowest BCUT2D eigenvalue weighted by Crippen LogP contribution is -2.02. The number of nitrogens with zero attached hydrogens (tertiary/aromatic N) is 1. The molecule has 0 bridgehead atoms. The van der Waals surface area contributed by atoms with Crippen molar-refractivity contribution in [2.45, 2.75) is 12.3 Å². The van der Waals surface area contributed by atoms with E-state index in [-0.39, 0.29) is 6.61 Å². The summed E-state index contributed by atoms with van der Waals surface area (Å²) in [5.74, 6) is 1.10. The second kappa shape index (κ2) is 6.72. The van der Waals surface area contributed by atoms with E-state index in [9.17, 15) is 0 Å². The molecule has 0 radical (unpaired) electrons. The van der Waals surface area contributed by atoms with E-state index in [0.29, 0.717) is 23.7 Å². The first kappa shape index (κ1) is 14.1. The van der Waals surface area contributed by atoms with Crippen molar-refractivity contribution in [3.63, 3.8) is 0 Å². The van der Waals surface area contributed by atoms with Crippen molar-refractivity contribution in [2.24, 2.45) is 0 Å². The van der Waals surface area contributed by atoms with Crippen molar-refractivity contribution in [1.82, 2.24) is 0 Å². The van der Waals surface area contributed by atoms with E-state index in [1.54, 1.807) is 12.1 Å². The predicted octanol–water partition coefficient (Wildman–Crippen LogP) is 1.70. The van der Waals surface area contributed by atoms with Gasteiger partial charge in [0.15, 0.2) is 11.5 Å². The molecule has 1 rings (SSSR count). The summed E-state index contributed by atoms with van der Waals surface area (Å²) in [4.78, 5) is 0. The molecule has 0 spiro atoms. The van der Waals surface area contributed by atoms with Crippen LogP contribution >= 0.6 is 0 Å². The molecule has 0 aromatic heterocycles. The fraction of sp³-hybridized carbons (Fsp3) is 0.462. The van der Waals surface area contributed by atoms with Crippen LogP contribution in [0.4, 0.5) is 0 Å². The molecular formula is C13H17NO4.